The number of aliphatic hydroxyl groups is 1. The van der Waals surface area contributed by atoms with Crippen molar-refractivity contribution in [2.75, 3.05) is 0 Å². The maximum Gasteiger partial charge on any atom is 0.416 e. The summed E-state index contributed by atoms with van der Waals surface area (Å²) in [6.07, 6.45) is -4.40. The Morgan fingerprint density at radius 2 is 1.64 bits per heavy atom. The highest BCUT2D eigenvalue weighted by molar-refractivity contribution is 5.83. The average Bonchev–Trinajstić information content (AvgIpc) is 2.84. The van der Waals surface area contributed by atoms with Crippen molar-refractivity contribution >= 4 is 10.9 Å². The zero-order chi connectivity index (χ0) is 15.9. The lowest BCUT2D eigenvalue weighted by atomic mass is 10.2. The predicted octanol–water partition coefficient (Wildman–Crippen LogP) is 4.28. The smallest absolute Gasteiger partial charge is 0.390 e. The van der Waals surface area contributed by atoms with Crippen LogP contribution in [0.25, 0.3) is 16.6 Å². The van der Waals surface area contributed by atoms with Crippen LogP contribution < -0.4 is 0 Å². The summed E-state index contributed by atoms with van der Waals surface area (Å²) in [4.78, 5) is 0. The van der Waals surface area contributed by atoms with E-state index in [-0.39, 0.29) is 6.61 Å². The van der Waals surface area contributed by atoms with Crippen molar-refractivity contribution < 1.29 is 22.7 Å². The second-order valence-corrected chi connectivity index (χ2v) is 4.88. The van der Waals surface area contributed by atoms with Crippen molar-refractivity contribution in [1.82, 2.24) is 4.57 Å². The van der Waals surface area contributed by atoms with Gasteiger partial charge in [0.1, 0.15) is 5.82 Å². The standard InChI is InChI=1S/C16H11F4NO/c17-12-3-6-15-10(7-12)8-14(9-22)21(15)13-4-1-11(2-5-13)16(18,19)20/h1-8,22H,9H2. The molecule has 1 aromatic heterocycles. The second kappa shape index (κ2) is 5.14. The van der Waals surface area contributed by atoms with E-state index in [0.717, 1.165) is 12.1 Å². The van der Waals surface area contributed by atoms with Crippen LogP contribution in [0, 0.1) is 5.82 Å². The van der Waals surface area contributed by atoms with E-state index in [1.807, 2.05) is 0 Å². The van der Waals surface area contributed by atoms with Crippen molar-refractivity contribution in [3.63, 3.8) is 0 Å². The van der Waals surface area contributed by atoms with E-state index in [1.54, 1.807) is 10.6 Å². The Labute approximate surface area is 123 Å². The number of hydrogen-bond acceptors (Lipinski definition) is 1. The maximum absolute atomic E-state index is 13.3. The maximum atomic E-state index is 13.3. The van der Waals surface area contributed by atoms with Gasteiger partial charge in [-0.05, 0) is 48.5 Å². The fourth-order valence-electron chi connectivity index (χ4n) is 2.46. The molecule has 0 unspecified atom stereocenters. The number of rotatable bonds is 2. The predicted molar refractivity (Wildman–Crippen MR) is 74.2 cm³/mol. The zero-order valence-electron chi connectivity index (χ0n) is 11.2. The molecule has 6 heteroatoms. The highest BCUT2D eigenvalue weighted by atomic mass is 19.4. The van der Waals surface area contributed by atoms with Gasteiger partial charge in [0.2, 0.25) is 0 Å². The molecule has 0 saturated heterocycles. The van der Waals surface area contributed by atoms with Crippen LogP contribution >= 0.6 is 0 Å². The third-order valence-electron chi connectivity index (χ3n) is 3.45. The first-order valence-electron chi connectivity index (χ1n) is 6.48. The number of aromatic nitrogens is 1. The van der Waals surface area contributed by atoms with Crippen LogP contribution in [0.3, 0.4) is 0 Å². The normalized spacial score (nSPS) is 12.0. The van der Waals surface area contributed by atoms with Gasteiger partial charge in [0, 0.05) is 16.8 Å². The van der Waals surface area contributed by atoms with Crippen LogP contribution in [-0.4, -0.2) is 9.67 Å². The van der Waals surface area contributed by atoms with Gasteiger partial charge in [-0.2, -0.15) is 13.2 Å². The number of benzene rings is 2. The summed E-state index contributed by atoms with van der Waals surface area (Å²) in [5.74, 6) is -0.415. The van der Waals surface area contributed by atoms with Crippen molar-refractivity contribution in [1.29, 1.82) is 0 Å². The van der Waals surface area contributed by atoms with E-state index in [2.05, 4.69) is 0 Å². The molecule has 2 aromatic carbocycles. The first-order chi connectivity index (χ1) is 10.4. The molecule has 0 fully saturated rings. The molecule has 0 spiro atoms. The minimum atomic E-state index is -4.40. The van der Waals surface area contributed by atoms with Crippen LogP contribution in [0.1, 0.15) is 11.3 Å². The summed E-state index contributed by atoms with van der Waals surface area (Å²) in [7, 11) is 0. The van der Waals surface area contributed by atoms with Crippen molar-refractivity contribution in [2.24, 2.45) is 0 Å². The summed E-state index contributed by atoms with van der Waals surface area (Å²) >= 11 is 0. The lowest BCUT2D eigenvalue weighted by Crippen LogP contribution is -2.05. The number of aliphatic hydroxyl groups excluding tert-OH is 1. The number of hydrogen-bond donors (Lipinski definition) is 1. The molecule has 114 valence electrons. The van der Waals surface area contributed by atoms with Crippen LogP contribution in [0.2, 0.25) is 0 Å². The number of nitrogens with zero attached hydrogens (tertiary/aromatic N) is 1. The molecular weight excluding hydrogens is 298 g/mol. The van der Waals surface area contributed by atoms with E-state index >= 15 is 0 Å². The van der Waals surface area contributed by atoms with Gasteiger partial charge in [0.05, 0.1) is 17.7 Å². The summed E-state index contributed by atoms with van der Waals surface area (Å²) in [6.45, 7) is -0.308. The van der Waals surface area contributed by atoms with Gasteiger partial charge >= 0.3 is 6.18 Å². The molecule has 0 atom stereocenters. The third-order valence-corrected chi connectivity index (χ3v) is 3.45. The van der Waals surface area contributed by atoms with Gasteiger partial charge in [-0.15, -0.1) is 0 Å². The van der Waals surface area contributed by atoms with Gasteiger partial charge in [0.15, 0.2) is 0 Å². The summed E-state index contributed by atoms with van der Waals surface area (Å²) in [5, 5.41) is 10.0. The highest BCUT2D eigenvalue weighted by Gasteiger charge is 2.30. The molecule has 0 aliphatic rings. The number of halogens is 4. The molecule has 0 bridgehead atoms. The molecule has 0 amide bonds. The molecule has 22 heavy (non-hydrogen) atoms. The molecule has 0 radical (unpaired) electrons. The van der Waals surface area contributed by atoms with Gasteiger partial charge in [-0.25, -0.2) is 4.39 Å². The summed E-state index contributed by atoms with van der Waals surface area (Å²) < 4.78 is 52.7. The molecule has 0 saturated carbocycles. The molecule has 1 heterocycles. The van der Waals surface area contributed by atoms with Gasteiger partial charge < -0.3 is 9.67 Å². The Morgan fingerprint density at radius 1 is 0.955 bits per heavy atom. The lowest BCUT2D eigenvalue weighted by Gasteiger charge is -2.11. The van der Waals surface area contributed by atoms with Crippen molar-refractivity contribution in [3.8, 4) is 5.69 Å². The van der Waals surface area contributed by atoms with Crippen molar-refractivity contribution in [2.45, 2.75) is 12.8 Å². The second-order valence-electron chi connectivity index (χ2n) is 4.88. The zero-order valence-corrected chi connectivity index (χ0v) is 11.2. The van der Waals surface area contributed by atoms with E-state index < -0.39 is 17.6 Å². The van der Waals surface area contributed by atoms with Crippen molar-refractivity contribution in [3.05, 3.63) is 65.6 Å². The van der Waals surface area contributed by atoms with E-state index in [0.29, 0.717) is 22.3 Å². The topological polar surface area (TPSA) is 25.2 Å². The van der Waals surface area contributed by atoms with E-state index in [4.69, 9.17) is 0 Å². The fourth-order valence-corrected chi connectivity index (χ4v) is 2.46. The van der Waals surface area contributed by atoms with Gasteiger partial charge in [-0.1, -0.05) is 0 Å². The number of fused-ring (bicyclic) bond motifs is 1. The Bertz CT molecular complexity index is 819. The Balaban J connectivity index is 2.17. The molecule has 0 aliphatic heterocycles. The van der Waals surface area contributed by atoms with Crippen LogP contribution in [0.15, 0.2) is 48.5 Å². The molecule has 3 aromatic rings. The van der Waals surface area contributed by atoms with Gasteiger partial charge in [-0.3, -0.25) is 0 Å². The Morgan fingerprint density at radius 3 is 2.23 bits per heavy atom. The van der Waals surface area contributed by atoms with E-state index in [9.17, 15) is 22.7 Å². The van der Waals surface area contributed by atoms with E-state index in [1.165, 1.54) is 30.3 Å². The Hall–Kier alpha value is -2.34. The monoisotopic (exact) mass is 309 g/mol. The van der Waals surface area contributed by atoms with Crippen LogP contribution in [0.5, 0.6) is 0 Å². The third kappa shape index (κ3) is 2.46. The number of alkyl halides is 3. The average molecular weight is 309 g/mol. The molecule has 3 rings (SSSR count). The first-order valence-corrected chi connectivity index (χ1v) is 6.48. The molecule has 2 nitrogen and oxygen atoms in total. The summed E-state index contributed by atoms with van der Waals surface area (Å²) in [6, 6.07) is 10.3. The summed E-state index contributed by atoms with van der Waals surface area (Å²) in [5.41, 5.74) is 0.813. The minimum absolute atomic E-state index is 0.308. The fraction of sp³-hybridized carbons (Fsp3) is 0.125. The Kier molecular flexibility index (Phi) is 3.41. The first kappa shape index (κ1) is 14.6. The SMILES string of the molecule is OCc1cc2cc(F)ccc2n1-c1ccc(C(F)(F)F)cc1. The highest BCUT2D eigenvalue weighted by Crippen LogP contribution is 2.31. The molecule has 1 N–H and O–H groups in total. The quantitative estimate of drug-likeness (QED) is 0.702. The largest absolute Gasteiger partial charge is 0.416 e. The molecule has 0 aliphatic carbocycles. The minimum Gasteiger partial charge on any atom is -0.390 e. The van der Waals surface area contributed by atoms with Crippen LogP contribution in [0.4, 0.5) is 17.6 Å². The van der Waals surface area contributed by atoms with Crippen LogP contribution in [-0.2, 0) is 12.8 Å². The van der Waals surface area contributed by atoms with Gasteiger partial charge in [0.25, 0.3) is 0 Å². The lowest BCUT2D eigenvalue weighted by molar-refractivity contribution is -0.137. The molecular formula is C16H11F4NO.